The number of Topliss-reactive ketones (excluding diaryl/α,β-unsaturated/α-hetero) is 1. The predicted octanol–water partition coefficient (Wildman–Crippen LogP) is 2.80. The molecule has 1 aromatic carbocycles. The molecule has 2 rings (SSSR count). The van der Waals surface area contributed by atoms with E-state index in [9.17, 15) is 22.4 Å². The quantitative estimate of drug-likeness (QED) is 0.391. The third-order valence-corrected chi connectivity index (χ3v) is 3.50. The number of benzene rings is 1. The highest BCUT2D eigenvalue weighted by Gasteiger charge is 2.45. The van der Waals surface area contributed by atoms with Crippen LogP contribution >= 0.6 is 0 Å². The Kier molecular flexibility index (Phi) is 4.13. The van der Waals surface area contributed by atoms with E-state index in [1.807, 2.05) is 0 Å². The van der Waals surface area contributed by atoms with Crippen LogP contribution in [0.1, 0.15) is 29.3 Å². The van der Waals surface area contributed by atoms with Crippen LogP contribution in [0.25, 0.3) is 0 Å². The average molecular weight is 288 g/mol. The van der Waals surface area contributed by atoms with Gasteiger partial charge in [0.15, 0.2) is 29.1 Å². The summed E-state index contributed by atoms with van der Waals surface area (Å²) in [6.07, 6.45) is 0.360. The number of nitrogens with one attached hydrogen (secondary N) is 1. The molecule has 6 heteroatoms. The number of rotatable bonds is 5. The summed E-state index contributed by atoms with van der Waals surface area (Å²) in [7, 11) is 0. The standard InChI is InChI=1S/C14H14F4NO/c1-3-6-9(11(16)13(18)12(17)10(6)15)14(20)7-5-8(7)19-4-2/h7-8,19H,2-5H2,1H3. The van der Waals surface area contributed by atoms with Crippen molar-refractivity contribution in [1.29, 1.82) is 0 Å². The van der Waals surface area contributed by atoms with E-state index >= 15 is 0 Å². The molecule has 1 radical (unpaired) electrons. The topological polar surface area (TPSA) is 29.1 Å². The summed E-state index contributed by atoms with van der Waals surface area (Å²) in [4.78, 5) is 12.2. The van der Waals surface area contributed by atoms with Gasteiger partial charge in [0.2, 0.25) is 0 Å². The molecule has 2 atom stereocenters. The average Bonchev–Trinajstić information content (AvgIpc) is 3.19. The van der Waals surface area contributed by atoms with Gasteiger partial charge in [0.1, 0.15) is 0 Å². The van der Waals surface area contributed by atoms with Crippen molar-refractivity contribution in [3.63, 3.8) is 0 Å². The molecule has 0 saturated heterocycles. The van der Waals surface area contributed by atoms with Gasteiger partial charge in [0.25, 0.3) is 0 Å². The van der Waals surface area contributed by atoms with E-state index in [1.54, 1.807) is 0 Å². The van der Waals surface area contributed by atoms with Crippen molar-refractivity contribution in [3.8, 4) is 0 Å². The minimum atomic E-state index is -1.94. The maximum Gasteiger partial charge on any atom is 0.198 e. The summed E-state index contributed by atoms with van der Waals surface area (Å²) in [5.41, 5.74) is -1.08. The number of ketones is 1. The van der Waals surface area contributed by atoms with Gasteiger partial charge in [-0.15, -0.1) is 0 Å². The zero-order valence-electron chi connectivity index (χ0n) is 10.9. The van der Waals surface area contributed by atoms with Crippen LogP contribution in [0.2, 0.25) is 0 Å². The second kappa shape index (κ2) is 5.52. The van der Waals surface area contributed by atoms with Crippen LogP contribution in [-0.4, -0.2) is 18.4 Å². The molecule has 0 aromatic heterocycles. The Labute approximate surface area is 114 Å². The molecule has 20 heavy (non-hydrogen) atoms. The lowest BCUT2D eigenvalue weighted by atomic mass is 9.97. The van der Waals surface area contributed by atoms with Gasteiger partial charge in [-0.25, -0.2) is 17.6 Å². The van der Waals surface area contributed by atoms with E-state index in [4.69, 9.17) is 0 Å². The first-order valence-electron chi connectivity index (χ1n) is 6.35. The van der Waals surface area contributed by atoms with Crippen LogP contribution in [-0.2, 0) is 6.42 Å². The Bertz CT molecular complexity index is 559. The zero-order valence-corrected chi connectivity index (χ0v) is 10.9. The lowest BCUT2D eigenvalue weighted by molar-refractivity contribution is 0.0956. The van der Waals surface area contributed by atoms with Gasteiger partial charge in [-0.3, -0.25) is 4.79 Å². The Morgan fingerprint density at radius 1 is 1.20 bits per heavy atom. The molecule has 2 nitrogen and oxygen atoms in total. The van der Waals surface area contributed by atoms with Crippen LogP contribution in [0.4, 0.5) is 17.6 Å². The summed E-state index contributed by atoms with van der Waals surface area (Å²) >= 11 is 0. The summed E-state index contributed by atoms with van der Waals surface area (Å²) in [5.74, 6) is -8.14. The third-order valence-electron chi connectivity index (χ3n) is 3.50. The van der Waals surface area contributed by atoms with Gasteiger partial charge in [-0.05, 0) is 26.3 Å². The normalized spacial score (nSPS) is 21.1. The van der Waals surface area contributed by atoms with E-state index in [0.29, 0.717) is 13.0 Å². The highest BCUT2D eigenvalue weighted by atomic mass is 19.2. The highest BCUT2D eigenvalue weighted by molar-refractivity contribution is 6.01. The smallest absolute Gasteiger partial charge is 0.198 e. The van der Waals surface area contributed by atoms with Gasteiger partial charge in [-0.1, -0.05) is 6.92 Å². The first-order valence-corrected chi connectivity index (χ1v) is 6.35. The number of carbonyl (C=O) groups excluding carboxylic acids is 1. The second-order valence-electron chi connectivity index (χ2n) is 4.73. The lowest BCUT2D eigenvalue weighted by Gasteiger charge is -2.11. The van der Waals surface area contributed by atoms with Crippen molar-refractivity contribution in [2.24, 2.45) is 5.92 Å². The van der Waals surface area contributed by atoms with E-state index in [2.05, 4.69) is 12.2 Å². The second-order valence-corrected chi connectivity index (χ2v) is 4.73. The molecule has 1 fully saturated rings. The predicted molar refractivity (Wildman–Crippen MR) is 65.2 cm³/mol. The number of hydrogen-bond acceptors (Lipinski definition) is 2. The molecule has 1 aliphatic rings. The maximum atomic E-state index is 13.8. The van der Waals surface area contributed by atoms with Crippen LogP contribution in [0.15, 0.2) is 0 Å². The van der Waals surface area contributed by atoms with E-state index < -0.39 is 46.1 Å². The molecular weight excluding hydrogens is 274 g/mol. The minimum Gasteiger partial charge on any atom is -0.313 e. The number of halogens is 4. The van der Waals surface area contributed by atoms with Crippen LogP contribution < -0.4 is 5.32 Å². The van der Waals surface area contributed by atoms with Crippen LogP contribution in [0, 0.1) is 36.1 Å². The maximum absolute atomic E-state index is 13.8. The minimum absolute atomic E-state index is 0.0961. The van der Waals surface area contributed by atoms with Crippen molar-refractivity contribution in [2.45, 2.75) is 25.8 Å². The van der Waals surface area contributed by atoms with Crippen molar-refractivity contribution < 1.29 is 22.4 Å². The Hall–Kier alpha value is -1.43. The third kappa shape index (κ3) is 2.32. The van der Waals surface area contributed by atoms with Gasteiger partial charge in [0.05, 0.1) is 5.56 Å². The number of hydrogen-bond donors (Lipinski definition) is 1. The molecule has 1 N–H and O–H groups in total. The number of carbonyl (C=O) groups is 1. The summed E-state index contributed by atoms with van der Waals surface area (Å²) < 4.78 is 53.9. The van der Waals surface area contributed by atoms with E-state index in [1.165, 1.54) is 6.92 Å². The molecule has 2 unspecified atom stereocenters. The zero-order chi connectivity index (χ0) is 15.0. The molecule has 1 aliphatic carbocycles. The van der Waals surface area contributed by atoms with Gasteiger partial charge >= 0.3 is 0 Å². The largest absolute Gasteiger partial charge is 0.313 e. The lowest BCUT2D eigenvalue weighted by Crippen LogP contribution is -2.22. The molecule has 0 aliphatic heterocycles. The van der Waals surface area contributed by atoms with Gasteiger partial charge in [0, 0.05) is 17.5 Å². The molecule has 1 aromatic rings. The fourth-order valence-corrected chi connectivity index (χ4v) is 2.35. The van der Waals surface area contributed by atoms with Gasteiger partial charge in [-0.2, -0.15) is 0 Å². The molecule has 0 bridgehead atoms. The first-order chi connectivity index (χ1) is 9.43. The Morgan fingerprint density at radius 2 is 1.80 bits per heavy atom. The van der Waals surface area contributed by atoms with E-state index in [-0.39, 0.29) is 12.5 Å². The fourth-order valence-electron chi connectivity index (χ4n) is 2.35. The first kappa shape index (κ1) is 15.0. The Morgan fingerprint density at radius 3 is 2.35 bits per heavy atom. The molecule has 0 amide bonds. The molecule has 0 heterocycles. The summed E-state index contributed by atoms with van der Waals surface area (Å²) in [5, 5.41) is 2.90. The van der Waals surface area contributed by atoms with Crippen LogP contribution in [0.5, 0.6) is 0 Å². The molecular formula is C14H14F4NO. The molecule has 0 spiro atoms. The molecule has 1 saturated carbocycles. The Balaban J connectivity index is 2.44. The van der Waals surface area contributed by atoms with Crippen molar-refractivity contribution in [3.05, 3.63) is 41.3 Å². The summed E-state index contributed by atoms with van der Waals surface area (Å²) in [6, 6.07) is -0.166. The van der Waals surface area contributed by atoms with E-state index in [0.717, 1.165) is 0 Å². The van der Waals surface area contributed by atoms with Gasteiger partial charge < -0.3 is 5.32 Å². The molecule has 109 valence electrons. The summed E-state index contributed by atoms with van der Waals surface area (Å²) in [6.45, 7) is 5.40. The van der Waals surface area contributed by atoms with Crippen molar-refractivity contribution in [2.75, 3.05) is 6.54 Å². The van der Waals surface area contributed by atoms with Crippen molar-refractivity contribution in [1.82, 2.24) is 5.32 Å². The monoisotopic (exact) mass is 288 g/mol. The van der Waals surface area contributed by atoms with Crippen molar-refractivity contribution >= 4 is 5.78 Å². The fraction of sp³-hybridized carbons (Fsp3) is 0.429. The highest BCUT2D eigenvalue weighted by Crippen LogP contribution is 2.36. The van der Waals surface area contributed by atoms with Crippen LogP contribution in [0.3, 0.4) is 0 Å². The SMILES string of the molecule is [CH2]CNC1CC1C(=O)c1c(F)c(F)c(F)c(F)c1CC.